The molecule has 0 fully saturated rings. The zero-order valence-corrected chi connectivity index (χ0v) is 13.0. The first-order valence-corrected chi connectivity index (χ1v) is 7.01. The molecule has 4 heteroatoms. The molecule has 0 saturated heterocycles. The lowest BCUT2D eigenvalue weighted by molar-refractivity contribution is 0.151. The van der Waals surface area contributed by atoms with Crippen molar-refractivity contribution in [1.29, 1.82) is 0 Å². The van der Waals surface area contributed by atoms with Crippen LogP contribution in [0.25, 0.3) is 0 Å². The molecule has 108 valence electrons. The van der Waals surface area contributed by atoms with Crippen LogP contribution in [0.4, 0.5) is 0 Å². The summed E-state index contributed by atoms with van der Waals surface area (Å²) >= 11 is 6.17. The van der Waals surface area contributed by atoms with E-state index < -0.39 is 0 Å². The number of furan rings is 1. The number of aryl methyl sites for hydroxylation is 3. The van der Waals surface area contributed by atoms with E-state index in [0.29, 0.717) is 0 Å². The Balaban J connectivity index is 2.29. The quantitative estimate of drug-likeness (QED) is 0.913. The number of hydrogen-bond donors (Lipinski definition) is 1. The molecule has 1 aromatic carbocycles. The molecule has 2 rings (SSSR count). The van der Waals surface area contributed by atoms with Crippen molar-refractivity contribution in [3.8, 4) is 5.75 Å². The number of benzene rings is 1. The monoisotopic (exact) mass is 293 g/mol. The van der Waals surface area contributed by atoms with Crippen LogP contribution in [-0.4, -0.2) is 6.04 Å². The number of rotatable bonds is 4. The molecule has 0 amide bonds. The third kappa shape index (κ3) is 3.17. The fourth-order valence-corrected chi connectivity index (χ4v) is 2.26. The van der Waals surface area contributed by atoms with E-state index in [2.05, 4.69) is 0 Å². The summed E-state index contributed by atoms with van der Waals surface area (Å²) in [6, 6.07) is 7.46. The van der Waals surface area contributed by atoms with Gasteiger partial charge in [-0.05, 0) is 63.1 Å². The largest absolute Gasteiger partial charge is 0.481 e. The fourth-order valence-electron chi connectivity index (χ4n) is 2.15. The van der Waals surface area contributed by atoms with E-state index >= 15 is 0 Å². The highest BCUT2D eigenvalue weighted by Crippen LogP contribution is 2.30. The number of nitrogens with two attached hydrogens (primary N) is 1. The Morgan fingerprint density at radius 3 is 2.20 bits per heavy atom. The molecule has 0 radical (unpaired) electrons. The minimum atomic E-state index is -0.316. The van der Waals surface area contributed by atoms with E-state index in [1.165, 1.54) is 0 Å². The van der Waals surface area contributed by atoms with E-state index in [4.69, 9.17) is 26.5 Å². The summed E-state index contributed by atoms with van der Waals surface area (Å²) in [5.41, 5.74) is 7.99. The van der Waals surface area contributed by atoms with Crippen LogP contribution >= 0.6 is 11.6 Å². The van der Waals surface area contributed by atoms with E-state index in [9.17, 15) is 0 Å². The summed E-state index contributed by atoms with van der Waals surface area (Å²) in [5, 5.41) is 0.767. The van der Waals surface area contributed by atoms with Crippen LogP contribution in [0.15, 0.2) is 28.7 Å². The van der Waals surface area contributed by atoms with Crippen molar-refractivity contribution in [1.82, 2.24) is 0 Å². The molecular formula is C16H20ClNO2. The van der Waals surface area contributed by atoms with E-state index in [-0.39, 0.29) is 12.1 Å². The summed E-state index contributed by atoms with van der Waals surface area (Å²) in [4.78, 5) is 0. The van der Waals surface area contributed by atoms with Gasteiger partial charge in [0.1, 0.15) is 17.3 Å². The maximum absolute atomic E-state index is 6.17. The second kappa shape index (κ2) is 5.90. The second-order valence-electron chi connectivity index (χ2n) is 5.22. The van der Waals surface area contributed by atoms with Crippen molar-refractivity contribution < 1.29 is 9.15 Å². The van der Waals surface area contributed by atoms with Gasteiger partial charge in [-0.3, -0.25) is 0 Å². The van der Waals surface area contributed by atoms with Gasteiger partial charge in [-0.2, -0.15) is 0 Å². The second-order valence-corrected chi connectivity index (χ2v) is 5.59. The van der Waals surface area contributed by atoms with Crippen LogP contribution in [0, 0.1) is 20.8 Å². The van der Waals surface area contributed by atoms with Gasteiger partial charge in [0.2, 0.25) is 0 Å². The molecule has 0 aliphatic carbocycles. The molecule has 1 heterocycles. The standard InChI is InChI=1S/C16H20ClNO2/c1-9-7-13(8-10(2)15(9)17)20-16(12(4)18)14-6-5-11(3)19-14/h5-8,12,16H,18H2,1-4H3. The average Bonchev–Trinajstić information content (AvgIpc) is 2.79. The lowest BCUT2D eigenvalue weighted by atomic mass is 10.1. The molecular weight excluding hydrogens is 274 g/mol. The Bertz CT molecular complexity index is 581. The third-order valence-corrected chi connectivity index (χ3v) is 3.79. The Labute approximate surface area is 124 Å². The first-order chi connectivity index (χ1) is 9.38. The molecule has 0 aliphatic heterocycles. The van der Waals surface area contributed by atoms with E-state index in [1.54, 1.807) is 0 Å². The third-order valence-electron chi connectivity index (χ3n) is 3.19. The van der Waals surface area contributed by atoms with E-state index in [0.717, 1.165) is 33.4 Å². The molecule has 3 nitrogen and oxygen atoms in total. The van der Waals surface area contributed by atoms with Gasteiger partial charge in [-0.15, -0.1) is 0 Å². The minimum Gasteiger partial charge on any atom is -0.481 e. The summed E-state index contributed by atoms with van der Waals surface area (Å²) in [6.07, 6.45) is -0.316. The van der Waals surface area contributed by atoms with Crippen LogP contribution < -0.4 is 10.5 Å². The van der Waals surface area contributed by atoms with Gasteiger partial charge >= 0.3 is 0 Å². The maximum atomic E-state index is 6.17. The average molecular weight is 294 g/mol. The smallest absolute Gasteiger partial charge is 0.171 e. The summed E-state index contributed by atoms with van der Waals surface area (Å²) in [7, 11) is 0. The number of halogens is 1. The Hall–Kier alpha value is -1.45. The lowest BCUT2D eigenvalue weighted by Gasteiger charge is -2.21. The normalized spacial score (nSPS) is 14.1. The first-order valence-electron chi connectivity index (χ1n) is 6.64. The molecule has 2 unspecified atom stereocenters. The van der Waals surface area contributed by atoms with E-state index in [1.807, 2.05) is 52.0 Å². The summed E-state index contributed by atoms with van der Waals surface area (Å²) < 4.78 is 11.6. The Kier molecular flexibility index (Phi) is 4.41. The maximum Gasteiger partial charge on any atom is 0.171 e. The van der Waals surface area contributed by atoms with Gasteiger partial charge in [0.15, 0.2) is 6.10 Å². The van der Waals surface area contributed by atoms with Gasteiger partial charge in [0.25, 0.3) is 0 Å². The lowest BCUT2D eigenvalue weighted by Crippen LogP contribution is -2.28. The van der Waals surface area contributed by atoms with Crippen molar-refractivity contribution in [2.45, 2.75) is 39.8 Å². The Morgan fingerprint density at radius 2 is 1.75 bits per heavy atom. The predicted molar refractivity (Wildman–Crippen MR) is 81.4 cm³/mol. The fraction of sp³-hybridized carbons (Fsp3) is 0.375. The van der Waals surface area contributed by atoms with Crippen LogP contribution in [0.2, 0.25) is 5.02 Å². The SMILES string of the molecule is Cc1ccc(C(Oc2cc(C)c(Cl)c(C)c2)C(C)N)o1. The zero-order chi connectivity index (χ0) is 14.9. The molecule has 2 aromatic rings. The zero-order valence-electron chi connectivity index (χ0n) is 12.2. The van der Waals surface area contributed by atoms with Crippen LogP contribution in [-0.2, 0) is 0 Å². The van der Waals surface area contributed by atoms with Gasteiger partial charge < -0.3 is 14.9 Å². The molecule has 1 aromatic heterocycles. The molecule has 2 N–H and O–H groups in total. The molecule has 0 spiro atoms. The molecule has 2 atom stereocenters. The summed E-state index contributed by atoms with van der Waals surface area (Å²) in [5.74, 6) is 2.33. The van der Waals surface area contributed by atoms with Crippen molar-refractivity contribution in [3.05, 3.63) is 51.9 Å². The van der Waals surface area contributed by atoms with Crippen molar-refractivity contribution in [2.24, 2.45) is 5.73 Å². The predicted octanol–water partition coefficient (Wildman–Crippen LogP) is 4.33. The van der Waals surface area contributed by atoms with Crippen molar-refractivity contribution in [2.75, 3.05) is 0 Å². The number of hydrogen-bond acceptors (Lipinski definition) is 3. The van der Waals surface area contributed by atoms with Gasteiger partial charge in [-0.1, -0.05) is 11.6 Å². The van der Waals surface area contributed by atoms with Gasteiger partial charge in [0, 0.05) is 11.1 Å². The molecule has 20 heavy (non-hydrogen) atoms. The first kappa shape index (κ1) is 14.9. The van der Waals surface area contributed by atoms with Gasteiger partial charge in [-0.25, -0.2) is 0 Å². The highest BCUT2D eigenvalue weighted by atomic mass is 35.5. The van der Waals surface area contributed by atoms with Crippen molar-refractivity contribution in [3.63, 3.8) is 0 Å². The summed E-state index contributed by atoms with van der Waals surface area (Å²) in [6.45, 7) is 7.72. The molecule has 0 bridgehead atoms. The van der Waals surface area contributed by atoms with Gasteiger partial charge in [0.05, 0.1) is 0 Å². The van der Waals surface area contributed by atoms with Crippen molar-refractivity contribution >= 4 is 11.6 Å². The van der Waals surface area contributed by atoms with Crippen LogP contribution in [0.5, 0.6) is 5.75 Å². The van der Waals surface area contributed by atoms with Crippen LogP contribution in [0.3, 0.4) is 0 Å². The molecule has 0 saturated carbocycles. The molecule has 0 aliphatic rings. The number of ether oxygens (including phenoxy) is 1. The Morgan fingerprint density at radius 1 is 1.15 bits per heavy atom. The van der Waals surface area contributed by atoms with Crippen LogP contribution in [0.1, 0.15) is 35.7 Å². The highest BCUT2D eigenvalue weighted by molar-refractivity contribution is 6.32. The minimum absolute atomic E-state index is 0.183. The highest BCUT2D eigenvalue weighted by Gasteiger charge is 2.22. The topological polar surface area (TPSA) is 48.4 Å².